The largest absolute Gasteiger partial charge is 0.444 e. The quantitative estimate of drug-likeness (QED) is 0.845. The molecule has 1 saturated carbocycles. The second-order valence-electron chi connectivity index (χ2n) is 7.03. The molecule has 1 aliphatic carbocycles. The van der Waals surface area contributed by atoms with Gasteiger partial charge >= 0.3 is 6.09 Å². The lowest BCUT2D eigenvalue weighted by atomic mass is 9.95. The van der Waals surface area contributed by atoms with Crippen LogP contribution in [0, 0.1) is 5.92 Å². The van der Waals surface area contributed by atoms with E-state index in [-0.39, 0.29) is 11.6 Å². The summed E-state index contributed by atoms with van der Waals surface area (Å²) in [6.45, 7) is 9.25. The molecule has 1 amide bonds. The predicted octanol–water partition coefficient (Wildman–Crippen LogP) is 3.53. The maximum absolute atomic E-state index is 11.8. The van der Waals surface area contributed by atoms with Crippen LogP contribution in [0.15, 0.2) is 16.8 Å². The van der Waals surface area contributed by atoms with E-state index < -0.39 is 5.60 Å². The summed E-state index contributed by atoms with van der Waals surface area (Å²) in [5.74, 6) is 0.631. The zero-order chi connectivity index (χ0) is 15.5. The second-order valence-corrected chi connectivity index (χ2v) is 7.81. The SMILES string of the molecule is CC(C)(C)OC(=O)NCC(C)(NCc1ccsc1)C1CC1. The van der Waals surface area contributed by atoms with E-state index in [2.05, 4.69) is 34.4 Å². The average molecular weight is 310 g/mol. The highest BCUT2D eigenvalue weighted by Gasteiger charge is 2.41. The minimum atomic E-state index is -0.454. The van der Waals surface area contributed by atoms with E-state index >= 15 is 0 Å². The molecule has 1 atom stereocenters. The molecule has 0 spiro atoms. The topological polar surface area (TPSA) is 50.4 Å². The molecule has 0 aliphatic heterocycles. The van der Waals surface area contributed by atoms with Gasteiger partial charge in [-0.1, -0.05) is 0 Å². The number of nitrogens with one attached hydrogen (secondary N) is 2. The van der Waals surface area contributed by atoms with Crippen molar-refractivity contribution < 1.29 is 9.53 Å². The third-order valence-corrected chi connectivity index (χ3v) is 4.49. The van der Waals surface area contributed by atoms with Crippen LogP contribution in [0.2, 0.25) is 0 Å². The Balaban J connectivity index is 1.84. The number of hydrogen-bond acceptors (Lipinski definition) is 4. The van der Waals surface area contributed by atoms with Crippen molar-refractivity contribution in [2.24, 2.45) is 5.92 Å². The average Bonchev–Trinajstić information content (AvgIpc) is 3.10. The fourth-order valence-electron chi connectivity index (χ4n) is 2.34. The van der Waals surface area contributed by atoms with Crippen molar-refractivity contribution in [2.75, 3.05) is 6.54 Å². The summed E-state index contributed by atoms with van der Waals surface area (Å²) >= 11 is 1.71. The molecule has 0 radical (unpaired) electrons. The Hall–Kier alpha value is -1.07. The number of alkyl carbamates (subject to hydrolysis) is 1. The Labute approximate surface area is 131 Å². The zero-order valence-electron chi connectivity index (χ0n) is 13.4. The molecule has 1 aromatic heterocycles. The Morgan fingerprint density at radius 1 is 1.38 bits per heavy atom. The summed E-state index contributed by atoms with van der Waals surface area (Å²) in [7, 11) is 0. The molecule has 0 saturated heterocycles. The number of carbonyl (C=O) groups excluding carboxylic acids is 1. The lowest BCUT2D eigenvalue weighted by molar-refractivity contribution is 0.0507. The van der Waals surface area contributed by atoms with Crippen molar-refractivity contribution in [2.45, 2.75) is 58.2 Å². The first kappa shape index (κ1) is 16.3. The first-order valence-corrected chi connectivity index (χ1v) is 8.46. The second kappa shape index (κ2) is 6.36. The summed E-state index contributed by atoms with van der Waals surface area (Å²) in [4.78, 5) is 11.8. The van der Waals surface area contributed by atoms with Crippen molar-refractivity contribution in [3.8, 4) is 0 Å². The number of carbonyl (C=O) groups is 1. The molecule has 2 rings (SSSR count). The highest BCUT2D eigenvalue weighted by atomic mass is 32.1. The smallest absolute Gasteiger partial charge is 0.407 e. The fraction of sp³-hybridized carbons (Fsp3) is 0.688. The van der Waals surface area contributed by atoms with Gasteiger partial charge < -0.3 is 15.4 Å². The van der Waals surface area contributed by atoms with Crippen LogP contribution in [0.1, 0.15) is 46.1 Å². The molecule has 0 bridgehead atoms. The maximum Gasteiger partial charge on any atom is 0.407 e. The normalized spacial score (nSPS) is 18.1. The van der Waals surface area contributed by atoms with Gasteiger partial charge in [-0.15, -0.1) is 0 Å². The monoisotopic (exact) mass is 310 g/mol. The van der Waals surface area contributed by atoms with Gasteiger partial charge in [0.25, 0.3) is 0 Å². The molecule has 118 valence electrons. The third-order valence-electron chi connectivity index (χ3n) is 3.75. The van der Waals surface area contributed by atoms with Crippen LogP contribution < -0.4 is 10.6 Å². The van der Waals surface area contributed by atoms with Crippen molar-refractivity contribution in [1.82, 2.24) is 10.6 Å². The fourth-order valence-corrected chi connectivity index (χ4v) is 3.01. The van der Waals surface area contributed by atoms with E-state index in [9.17, 15) is 4.79 Å². The Kier molecular flexibility index (Phi) is 4.94. The molecule has 1 unspecified atom stereocenters. The van der Waals surface area contributed by atoms with Crippen LogP contribution in [-0.4, -0.2) is 23.8 Å². The highest BCUT2D eigenvalue weighted by molar-refractivity contribution is 7.07. The molecule has 1 fully saturated rings. The van der Waals surface area contributed by atoms with Gasteiger partial charge in [0.15, 0.2) is 0 Å². The van der Waals surface area contributed by atoms with Crippen LogP contribution in [-0.2, 0) is 11.3 Å². The summed E-state index contributed by atoms with van der Waals surface area (Å²) in [6, 6.07) is 2.13. The van der Waals surface area contributed by atoms with Gasteiger partial charge in [-0.25, -0.2) is 4.79 Å². The van der Waals surface area contributed by atoms with Crippen molar-refractivity contribution in [3.63, 3.8) is 0 Å². The van der Waals surface area contributed by atoms with Gasteiger partial charge in [0.1, 0.15) is 5.60 Å². The molecule has 4 nitrogen and oxygen atoms in total. The Bertz CT molecular complexity index is 463. The van der Waals surface area contributed by atoms with E-state index in [1.54, 1.807) is 11.3 Å². The van der Waals surface area contributed by atoms with E-state index in [1.807, 2.05) is 20.8 Å². The molecule has 5 heteroatoms. The van der Waals surface area contributed by atoms with E-state index in [4.69, 9.17) is 4.74 Å². The summed E-state index contributed by atoms with van der Waals surface area (Å²) < 4.78 is 5.31. The zero-order valence-corrected chi connectivity index (χ0v) is 14.2. The van der Waals surface area contributed by atoms with Gasteiger partial charge in [-0.2, -0.15) is 11.3 Å². The third kappa shape index (κ3) is 5.32. The molecule has 1 heterocycles. The Morgan fingerprint density at radius 3 is 2.62 bits per heavy atom. The number of hydrogen-bond donors (Lipinski definition) is 2. The number of ether oxygens (including phenoxy) is 1. The number of amides is 1. The van der Waals surface area contributed by atoms with Gasteiger partial charge in [-0.3, -0.25) is 0 Å². The molecule has 1 aromatic rings. The Morgan fingerprint density at radius 2 is 2.10 bits per heavy atom. The molecular weight excluding hydrogens is 284 g/mol. The number of rotatable bonds is 6. The lowest BCUT2D eigenvalue weighted by Gasteiger charge is -2.32. The summed E-state index contributed by atoms with van der Waals surface area (Å²) in [5.41, 5.74) is 0.771. The standard InChI is InChI=1S/C16H26N2O2S/c1-15(2,3)20-14(19)17-11-16(4,13-5-6-13)18-9-12-7-8-21-10-12/h7-8,10,13,18H,5-6,9,11H2,1-4H3,(H,17,19). The van der Waals surface area contributed by atoms with Gasteiger partial charge in [0, 0.05) is 18.6 Å². The molecule has 2 N–H and O–H groups in total. The highest BCUT2D eigenvalue weighted by Crippen LogP contribution is 2.39. The maximum atomic E-state index is 11.8. The first-order chi connectivity index (χ1) is 9.78. The van der Waals surface area contributed by atoms with Crippen molar-refractivity contribution >= 4 is 17.4 Å². The van der Waals surface area contributed by atoms with Crippen molar-refractivity contribution in [1.29, 1.82) is 0 Å². The molecule has 0 aromatic carbocycles. The van der Waals surface area contributed by atoms with Gasteiger partial charge in [-0.05, 0) is 68.8 Å². The van der Waals surface area contributed by atoms with Crippen LogP contribution in [0.3, 0.4) is 0 Å². The van der Waals surface area contributed by atoms with Crippen LogP contribution in [0.25, 0.3) is 0 Å². The van der Waals surface area contributed by atoms with E-state index in [0.717, 1.165) is 6.54 Å². The van der Waals surface area contributed by atoms with Crippen LogP contribution in [0.4, 0.5) is 4.79 Å². The van der Waals surface area contributed by atoms with Crippen LogP contribution in [0.5, 0.6) is 0 Å². The molecular formula is C16H26N2O2S. The minimum Gasteiger partial charge on any atom is -0.444 e. The minimum absolute atomic E-state index is 0.0706. The number of thiophene rings is 1. The first-order valence-electron chi connectivity index (χ1n) is 7.51. The van der Waals surface area contributed by atoms with Crippen LogP contribution >= 0.6 is 11.3 Å². The van der Waals surface area contributed by atoms with E-state index in [0.29, 0.717) is 12.5 Å². The van der Waals surface area contributed by atoms with E-state index in [1.165, 1.54) is 18.4 Å². The van der Waals surface area contributed by atoms with Gasteiger partial charge in [0.05, 0.1) is 0 Å². The molecule has 21 heavy (non-hydrogen) atoms. The summed E-state index contributed by atoms with van der Waals surface area (Å²) in [6.07, 6.45) is 2.11. The van der Waals surface area contributed by atoms with Crippen molar-refractivity contribution in [3.05, 3.63) is 22.4 Å². The van der Waals surface area contributed by atoms with Gasteiger partial charge in [0.2, 0.25) is 0 Å². The molecule has 1 aliphatic rings. The lowest BCUT2D eigenvalue weighted by Crippen LogP contribution is -2.53. The summed E-state index contributed by atoms with van der Waals surface area (Å²) in [5, 5.41) is 10.8. The predicted molar refractivity (Wildman–Crippen MR) is 86.5 cm³/mol.